The van der Waals surface area contributed by atoms with Crippen LogP contribution in [0.1, 0.15) is 216 Å². The van der Waals surface area contributed by atoms with Crippen LogP contribution in [-0.2, 0) is 11.2 Å². The maximum Gasteiger partial charge on any atom is 0.159 e. The van der Waals surface area contributed by atoms with Crippen LogP contribution in [0.25, 0.3) is 59.8 Å². The van der Waals surface area contributed by atoms with Crippen molar-refractivity contribution < 1.29 is 9.15 Å². The number of fused-ring (bicyclic) bond motifs is 3. The van der Waals surface area contributed by atoms with Gasteiger partial charge in [0.25, 0.3) is 0 Å². The lowest BCUT2D eigenvalue weighted by Gasteiger charge is -2.30. The van der Waals surface area contributed by atoms with Gasteiger partial charge in [-0.05, 0) is 179 Å². The molecule has 9 aromatic carbocycles. The largest absolute Gasteiger partial charge is 0.496 e. The molecule has 4 aliphatic carbocycles. The summed E-state index contributed by atoms with van der Waals surface area (Å²) in [5.41, 5.74) is 16.9. The Morgan fingerprint density at radius 3 is 1.62 bits per heavy atom. The Labute approximate surface area is 538 Å². The van der Waals surface area contributed by atoms with Crippen molar-refractivity contribution in [3.05, 3.63) is 210 Å². The molecule has 4 heteroatoms. The number of unbranched alkanes of at least 4 members (excludes halogenated alkanes) is 4. The zero-order valence-corrected chi connectivity index (χ0v) is 54.9. The molecule has 10 aromatic rings. The molecule has 0 spiro atoms. The Morgan fingerprint density at radius 2 is 1.02 bits per heavy atom. The zero-order valence-electron chi connectivity index (χ0n) is 54.9. The number of methoxy groups -OCH3 is 1. The molecular weight excluding hydrogens is 1090 g/mol. The van der Waals surface area contributed by atoms with Gasteiger partial charge >= 0.3 is 0 Å². The minimum absolute atomic E-state index is 0.534. The fourth-order valence-corrected chi connectivity index (χ4v) is 16.5. The van der Waals surface area contributed by atoms with Crippen molar-refractivity contribution in [2.45, 2.75) is 200 Å². The molecule has 1 aromatic heterocycles. The van der Waals surface area contributed by atoms with Crippen LogP contribution in [0, 0.1) is 11.8 Å². The molecule has 1 atom stereocenters. The molecule has 0 saturated heterocycles. The van der Waals surface area contributed by atoms with Crippen molar-refractivity contribution in [1.82, 2.24) is 0 Å². The highest BCUT2D eigenvalue weighted by Crippen LogP contribution is 2.51. The Bertz CT molecular complexity index is 4110. The number of rotatable bonds is 20. The molecule has 1 unspecified atom stereocenters. The van der Waals surface area contributed by atoms with E-state index >= 15 is 0 Å². The average Bonchev–Trinajstić information content (AvgIpc) is 0.900. The topological polar surface area (TPSA) is 28.9 Å². The fraction of sp³-hybridized carbons (Fsp3) is 0.395. The number of benzene rings is 9. The first-order chi connectivity index (χ1) is 44.5. The zero-order chi connectivity index (χ0) is 61.3. The maximum atomic E-state index is 7.31. The highest BCUT2D eigenvalue weighted by Gasteiger charge is 2.29. The number of hydrogen-bond acceptors (Lipinski definition) is 4. The first-order valence-corrected chi connectivity index (χ1v) is 35.6. The van der Waals surface area contributed by atoms with Gasteiger partial charge < -0.3 is 19.0 Å². The molecule has 90 heavy (non-hydrogen) atoms. The van der Waals surface area contributed by atoms with E-state index in [9.17, 15) is 0 Å². The van der Waals surface area contributed by atoms with Crippen molar-refractivity contribution in [2.24, 2.45) is 11.8 Å². The van der Waals surface area contributed by atoms with E-state index in [4.69, 9.17) is 9.15 Å². The first-order valence-electron chi connectivity index (χ1n) is 35.6. The molecule has 0 bridgehead atoms. The minimum atomic E-state index is 0.534. The summed E-state index contributed by atoms with van der Waals surface area (Å²) >= 11 is 0. The van der Waals surface area contributed by atoms with Gasteiger partial charge in [0.15, 0.2) is 5.58 Å². The highest BCUT2D eigenvalue weighted by molar-refractivity contribution is 6.28. The number of nitrogens with zero attached hydrogens (tertiary/aromatic N) is 2. The third kappa shape index (κ3) is 12.6. The number of furan rings is 1. The monoisotopic (exact) mass is 1190 g/mol. The quantitative estimate of drug-likeness (QED) is 0.0432. The van der Waals surface area contributed by atoms with E-state index in [0.717, 1.165) is 57.9 Å². The molecule has 3 saturated carbocycles. The van der Waals surface area contributed by atoms with Crippen LogP contribution in [0.4, 0.5) is 34.1 Å². The Balaban J connectivity index is 0.00000100. The van der Waals surface area contributed by atoms with Gasteiger partial charge in [-0.25, -0.2) is 0 Å². The lowest BCUT2D eigenvalue weighted by molar-refractivity contribution is 0.293. The van der Waals surface area contributed by atoms with Crippen LogP contribution in [-0.4, -0.2) is 7.11 Å². The molecule has 0 N–H and O–H groups in total. The van der Waals surface area contributed by atoms with Crippen LogP contribution in [0.3, 0.4) is 0 Å². The third-order valence-corrected chi connectivity index (χ3v) is 21.3. The lowest BCUT2D eigenvalue weighted by atomic mass is 9.84. The van der Waals surface area contributed by atoms with Crippen LogP contribution in [0.2, 0.25) is 0 Å². The number of ether oxygens (including phenoxy) is 1. The predicted molar refractivity (Wildman–Crippen MR) is 388 cm³/mol. The van der Waals surface area contributed by atoms with Crippen molar-refractivity contribution >= 4 is 94.0 Å². The summed E-state index contributed by atoms with van der Waals surface area (Å²) in [6.45, 7) is 9.14. The number of anilines is 6. The second-order valence-electron chi connectivity index (χ2n) is 27.1. The smallest absolute Gasteiger partial charge is 0.159 e. The van der Waals surface area contributed by atoms with Crippen molar-refractivity contribution in [3.63, 3.8) is 0 Å². The van der Waals surface area contributed by atoms with Gasteiger partial charge in [0.2, 0.25) is 0 Å². The molecule has 0 amide bonds. The second-order valence-corrected chi connectivity index (χ2v) is 27.1. The first kappa shape index (κ1) is 61.3. The van der Waals surface area contributed by atoms with E-state index in [2.05, 4.69) is 213 Å². The normalized spacial score (nSPS) is 16.7. The van der Waals surface area contributed by atoms with E-state index in [0.29, 0.717) is 23.7 Å². The molecular formula is C86H98N2O2. The Kier molecular flexibility index (Phi) is 19.6. The van der Waals surface area contributed by atoms with Crippen LogP contribution < -0.4 is 9.80 Å². The molecule has 1 heterocycles. The molecule has 464 valence electrons. The van der Waals surface area contributed by atoms with Crippen molar-refractivity contribution in [2.75, 3.05) is 16.9 Å². The molecule has 0 aliphatic heterocycles. The lowest BCUT2D eigenvalue weighted by Crippen LogP contribution is -2.12. The van der Waals surface area contributed by atoms with Gasteiger partial charge in [-0.3, -0.25) is 0 Å². The SMILES string of the molecule is CCCC(CC)Cc1cccc2c1oc1c(N(c3ccc(C4CCCCC4)cc3)c3ccc4ccc5c(N(c6ccc(C7CCCCCC7)cc6)c6cccc(C7=C(OC)C(C8CCCC8)=CC=CC7)c6)ccc6ccc3c4c65)cccc12.CCCCCCC. The van der Waals surface area contributed by atoms with Crippen LogP contribution in [0.5, 0.6) is 0 Å². The Hall–Kier alpha value is -7.56. The molecule has 3 fully saturated rings. The van der Waals surface area contributed by atoms with Crippen molar-refractivity contribution in [1.29, 1.82) is 0 Å². The molecule has 14 rings (SSSR count). The summed E-state index contributed by atoms with van der Waals surface area (Å²) < 4.78 is 13.8. The predicted octanol–water partition coefficient (Wildman–Crippen LogP) is 26.7. The number of hydrogen-bond donors (Lipinski definition) is 0. The number of para-hydroxylation sites is 2. The number of allylic oxidation sites excluding steroid dienone is 5. The summed E-state index contributed by atoms with van der Waals surface area (Å²) in [4.78, 5) is 5.06. The van der Waals surface area contributed by atoms with Gasteiger partial charge in [-0.2, -0.15) is 0 Å². The van der Waals surface area contributed by atoms with Gasteiger partial charge in [-0.15, -0.1) is 0 Å². The van der Waals surface area contributed by atoms with Crippen molar-refractivity contribution in [3.8, 4) is 0 Å². The second kappa shape index (κ2) is 28.7. The van der Waals surface area contributed by atoms with Gasteiger partial charge in [0.1, 0.15) is 11.3 Å². The van der Waals surface area contributed by atoms with E-state index in [-0.39, 0.29) is 0 Å². The van der Waals surface area contributed by atoms with Gasteiger partial charge in [0, 0.05) is 44.2 Å². The molecule has 0 radical (unpaired) electrons. The van der Waals surface area contributed by atoms with E-state index in [1.165, 1.54) is 230 Å². The summed E-state index contributed by atoms with van der Waals surface area (Å²) in [5.74, 6) is 3.45. The molecule has 4 nitrogen and oxygen atoms in total. The fourth-order valence-electron chi connectivity index (χ4n) is 16.5. The van der Waals surface area contributed by atoms with E-state index in [1.54, 1.807) is 0 Å². The summed E-state index contributed by atoms with van der Waals surface area (Å²) in [7, 11) is 1.88. The summed E-state index contributed by atoms with van der Waals surface area (Å²) in [6, 6.07) is 61.3. The third-order valence-electron chi connectivity index (χ3n) is 21.3. The highest BCUT2D eigenvalue weighted by atomic mass is 16.5. The van der Waals surface area contributed by atoms with Crippen LogP contribution >= 0.6 is 0 Å². The van der Waals surface area contributed by atoms with E-state index in [1.807, 2.05) is 7.11 Å². The Morgan fingerprint density at radius 1 is 0.478 bits per heavy atom. The van der Waals surface area contributed by atoms with E-state index < -0.39 is 0 Å². The van der Waals surface area contributed by atoms with Crippen LogP contribution in [0.15, 0.2) is 192 Å². The minimum Gasteiger partial charge on any atom is -0.496 e. The summed E-state index contributed by atoms with van der Waals surface area (Å²) in [5, 5.41) is 9.88. The molecule has 4 aliphatic rings. The van der Waals surface area contributed by atoms with Gasteiger partial charge in [-0.1, -0.05) is 258 Å². The standard InChI is InChI=1S/C79H82N2O2.C7H16/c1-4-20-53(5-2)51-62-28-18-32-68-69-33-19-34-74(79(69)83-77(62)68)81(64-45-37-57(38-46-64)55-23-11-8-12-24-55)73-50-42-60-39-47-70-72(49-41-59-40-48-71(73)76(60)75(59)70)80(63-43-35-56(36-44-63)54-21-9-6-7-10-22-54)65-29-17-27-61(52-65)67-31-16-15-30-66(78(67)82-3)58-25-13-14-26-58;1-3-5-7-6-4-2/h15-19,27-30,32-50,52-55,58H,4-14,20-26,31,51H2,1-3H3;3-7H2,1-2H3. The average molecular weight is 1190 g/mol. The van der Waals surface area contributed by atoms with Gasteiger partial charge in [0.05, 0.1) is 24.2 Å². The maximum absolute atomic E-state index is 7.31. The summed E-state index contributed by atoms with van der Waals surface area (Å²) in [6.07, 6.45) is 38.8.